The van der Waals surface area contributed by atoms with E-state index in [0.29, 0.717) is 17.3 Å². The van der Waals surface area contributed by atoms with E-state index in [1.54, 1.807) is 23.6 Å². The zero-order chi connectivity index (χ0) is 12.0. The first-order chi connectivity index (χ1) is 8.15. The molecule has 17 heavy (non-hydrogen) atoms. The maximum Gasteiger partial charge on any atom is 0.272 e. The van der Waals surface area contributed by atoms with Crippen molar-refractivity contribution in [2.75, 3.05) is 0 Å². The van der Waals surface area contributed by atoms with Crippen molar-refractivity contribution in [1.82, 2.24) is 29.6 Å². The SMILES string of the molecule is Cc1cc(=O)n(-c2ccc3nnc(C)n3n2)[nH]1. The molecule has 7 nitrogen and oxygen atoms in total. The van der Waals surface area contributed by atoms with Crippen molar-refractivity contribution in [2.24, 2.45) is 0 Å². The molecule has 3 heterocycles. The highest BCUT2D eigenvalue weighted by Gasteiger charge is 2.07. The lowest BCUT2D eigenvalue weighted by Crippen LogP contribution is -2.16. The largest absolute Gasteiger partial charge is 0.294 e. The molecule has 0 aliphatic heterocycles. The molecule has 0 saturated heterocycles. The van der Waals surface area contributed by atoms with Gasteiger partial charge in [-0.3, -0.25) is 9.89 Å². The van der Waals surface area contributed by atoms with Crippen LogP contribution in [-0.2, 0) is 0 Å². The fourth-order valence-electron chi connectivity index (χ4n) is 1.69. The Balaban J connectivity index is 2.27. The van der Waals surface area contributed by atoms with Gasteiger partial charge >= 0.3 is 0 Å². The molecule has 3 aromatic rings. The first-order valence-electron chi connectivity index (χ1n) is 5.13. The summed E-state index contributed by atoms with van der Waals surface area (Å²) in [7, 11) is 0. The second-order valence-corrected chi connectivity index (χ2v) is 3.82. The minimum atomic E-state index is -0.139. The van der Waals surface area contributed by atoms with Crippen LogP contribution in [-0.4, -0.2) is 29.6 Å². The van der Waals surface area contributed by atoms with Crippen LogP contribution in [0.2, 0.25) is 0 Å². The van der Waals surface area contributed by atoms with Gasteiger partial charge in [-0.2, -0.15) is 9.20 Å². The number of H-pyrrole nitrogens is 1. The molecule has 86 valence electrons. The molecular weight excluding hydrogens is 220 g/mol. The zero-order valence-electron chi connectivity index (χ0n) is 9.38. The summed E-state index contributed by atoms with van der Waals surface area (Å²) in [6.45, 7) is 3.62. The molecule has 3 rings (SSSR count). The van der Waals surface area contributed by atoms with Gasteiger partial charge < -0.3 is 0 Å². The predicted octanol–water partition coefficient (Wildman–Crippen LogP) is 0.220. The third-order valence-electron chi connectivity index (χ3n) is 2.48. The highest BCUT2D eigenvalue weighted by atomic mass is 16.1. The molecule has 7 heteroatoms. The number of nitrogens with one attached hydrogen (secondary N) is 1. The molecule has 3 aromatic heterocycles. The Morgan fingerprint density at radius 3 is 2.76 bits per heavy atom. The first-order valence-corrected chi connectivity index (χ1v) is 5.13. The monoisotopic (exact) mass is 230 g/mol. The van der Waals surface area contributed by atoms with Gasteiger partial charge in [0.25, 0.3) is 5.56 Å². The van der Waals surface area contributed by atoms with E-state index in [-0.39, 0.29) is 5.56 Å². The molecule has 0 unspecified atom stereocenters. The zero-order valence-corrected chi connectivity index (χ0v) is 9.38. The van der Waals surface area contributed by atoms with E-state index in [9.17, 15) is 4.79 Å². The Morgan fingerprint density at radius 2 is 2.06 bits per heavy atom. The van der Waals surface area contributed by atoms with Crippen LogP contribution in [0.5, 0.6) is 0 Å². The predicted molar refractivity (Wildman–Crippen MR) is 60.2 cm³/mol. The lowest BCUT2D eigenvalue weighted by molar-refractivity contribution is 0.756. The molecule has 0 amide bonds. The Hall–Kier alpha value is -2.44. The van der Waals surface area contributed by atoms with Crippen molar-refractivity contribution < 1.29 is 0 Å². The molecule has 0 aliphatic rings. The van der Waals surface area contributed by atoms with Gasteiger partial charge in [0, 0.05) is 11.8 Å². The number of aromatic amines is 1. The second kappa shape index (κ2) is 3.27. The highest BCUT2D eigenvalue weighted by Crippen LogP contribution is 2.04. The second-order valence-electron chi connectivity index (χ2n) is 3.82. The Morgan fingerprint density at radius 1 is 1.24 bits per heavy atom. The van der Waals surface area contributed by atoms with Crippen molar-refractivity contribution in [2.45, 2.75) is 13.8 Å². The average Bonchev–Trinajstić information content (AvgIpc) is 2.83. The van der Waals surface area contributed by atoms with Crippen LogP contribution >= 0.6 is 0 Å². The van der Waals surface area contributed by atoms with Crippen molar-refractivity contribution >= 4 is 5.65 Å². The summed E-state index contributed by atoms with van der Waals surface area (Å²) in [6.07, 6.45) is 0. The summed E-state index contributed by atoms with van der Waals surface area (Å²) >= 11 is 0. The van der Waals surface area contributed by atoms with Crippen LogP contribution in [0.4, 0.5) is 0 Å². The van der Waals surface area contributed by atoms with E-state index >= 15 is 0 Å². The maximum absolute atomic E-state index is 11.7. The topological polar surface area (TPSA) is 80.9 Å². The van der Waals surface area contributed by atoms with Crippen molar-refractivity contribution in [3.8, 4) is 5.82 Å². The molecule has 0 spiro atoms. The molecular formula is C10H10N6O. The minimum Gasteiger partial charge on any atom is -0.294 e. The third-order valence-corrected chi connectivity index (χ3v) is 2.48. The quantitative estimate of drug-likeness (QED) is 0.648. The van der Waals surface area contributed by atoms with Crippen molar-refractivity contribution in [3.63, 3.8) is 0 Å². The third kappa shape index (κ3) is 1.43. The number of aryl methyl sites for hydroxylation is 2. The molecule has 0 fully saturated rings. The molecule has 0 bridgehead atoms. The van der Waals surface area contributed by atoms with Gasteiger partial charge in [0.1, 0.15) is 0 Å². The Labute approximate surface area is 95.7 Å². The molecule has 0 radical (unpaired) electrons. The van der Waals surface area contributed by atoms with Gasteiger partial charge in [-0.15, -0.1) is 15.3 Å². The molecule has 1 N–H and O–H groups in total. The standard InChI is InChI=1S/C10H10N6O/c1-6-5-10(17)16(13-6)9-4-3-8-12-11-7(2)15(8)14-9/h3-5,13H,1-2H3. The summed E-state index contributed by atoms with van der Waals surface area (Å²) in [5, 5.41) is 15.1. The van der Waals surface area contributed by atoms with Crippen molar-refractivity contribution in [1.29, 1.82) is 0 Å². The van der Waals surface area contributed by atoms with Gasteiger partial charge in [-0.05, 0) is 26.0 Å². The van der Waals surface area contributed by atoms with E-state index < -0.39 is 0 Å². The van der Waals surface area contributed by atoms with E-state index in [4.69, 9.17) is 0 Å². The lowest BCUT2D eigenvalue weighted by atomic mass is 10.5. The summed E-state index contributed by atoms with van der Waals surface area (Å²) in [5.41, 5.74) is 1.31. The highest BCUT2D eigenvalue weighted by molar-refractivity contribution is 5.39. The van der Waals surface area contributed by atoms with Crippen molar-refractivity contribution in [3.05, 3.63) is 40.1 Å². The number of hydrogen-bond acceptors (Lipinski definition) is 4. The number of nitrogens with zero attached hydrogens (tertiary/aromatic N) is 5. The number of hydrogen-bond donors (Lipinski definition) is 1. The molecule has 0 aromatic carbocycles. The van der Waals surface area contributed by atoms with Gasteiger partial charge in [-0.25, -0.2) is 0 Å². The maximum atomic E-state index is 11.7. The van der Waals surface area contributed by atoms with E-state index in [0.717, 1.165) is 5.69 Å². The van der Waals surface area contributed by atoms with Crippen LogP contribution in [0.1, 0.15) is 11.5 Å². The Bertz CT molecular complexity index is 750. The molecule has 0 saturated carbocycles. The number of fused-ring (bicyclic) bond motifs is 1. The Kier molecular flexibility index (Phi) is 1.88. The van der Waals surface area contributed by atoms with Gasteiger partial charge in [0.05, 0.1) is 0 Å². The minimum absolute atomic E-state index is 0.139. The summed E-state index contributed by atoms with van der Waals surface area (Å²) in [4.78, 5) is 11.7. The van der Waals surface area contributed by atoms with Gasteiger partial charge in [-0.1, -0.05) is 0 Å². The first kappa shape index (κ1) is 9.76. The molecule has 0 aliphatic carbocycles. The fraction of sp³-hybridized carbons (Fsp3) is 0.200. The van der Waals surface area contributed by atoms with Crippen LogP contribution in [0.15, 0.2) is 23.0 Å². The summed E-state index contributed by atoms with van der Waals surface area (Å²) < 4.78 is 2.98. The van der Waals surface area contributed by atoms with Gasteiger partial charge in [0.2, 0.25) is 0 Å². The lowest BCUT2D eigenvalue weighted by Gasteiger charge is -2.01. The smallest absolute Gasteiger partial charge is 0.272 e. The summed E-state index contributed by atoms with van der Waals surface area (Å²) in [5.74, 6) is 1.19. The van der Waals surface area contributed by atoms with E-state index in [1.165, 1.54) is 10.7 Å². The van der Waals surface area contributed by atoms with Crippen LogP contribution in [0.25, 0.3) is 11.5 Å². The summed E-state index contributed by atoms with van der Waals surface area (Å²) in [6, 6.07) is 5.01. The average molecular weight is 230 g/mol. The number of aromatic nitrogens is 6. The van der Waals surface area contributed by atoms with Gasteiger partial charge in [0.15, 0.2) is 17.3 Å². The van der Waals surface area contributed by atoms with E-state index in [2.05, 4.69) is 20.4 Å². The number of rotatable bonds is 1. The fourth-order valence-corrected chi connectivity index (χ4v) is 1.69. The molecule has 0 atom stereocenters. The van der Waals surface area contributed by atoms with Crippen LogP contribution in [0.3, 0.4) is 0 Å². The normalized spacial score (nSPS) is 11.2. The van der Waals surface area contributed by atoms with E-state index in [1.807, 2.05) is 6.92 Å². The van der Waals surface area contributed by atoms with Crippen LogP contribution < -0.4 is 5.56 Å². The van der Waals surface area contributed by atoms with Crippen LogP contribution in [0, 0.1) is 13.8 Å².